The monoisotopic (exact) mass is 284 g/mol. The van der Waals surface area contributed by atoms with Gasteiger partial charge in [-0.2, -0.15) is 18.4 Å². The fraction of sp³-hybridized carbons (Fsp3) is 0.385. The number of rotatable bonds is 4. The summed E-state index contributed by atoms with van der Waals surface area (Å²) in [6, 6.07) is 7.85. The first-order valence-corrected chi connectivity index (χ1v) is 5.87. The zero-order valence-corrected chi connectivity index (χ0v) is 10.3. The van der Waals surface area contributed by atoms with E-state index < -0.39 is 24.2 Å². The number of hydrogen-bond donors (Lipinski definition) is 1. The fourth-order valence-electron chi connectivity index (χ4n) is 1.68. The second-order valence-corrected chi connectivity index (χ2v) is 4.55. The first kappa shape index (κ1) is 14.2. The van der Waals surface area contributed by atoms with Gasteiger partial charge in [-0.15, -0.1) is 0 Å². The lowest BCUT2D eigenvalue weighted by Crippen LogP contribution is -2.49. The summed E-state index contributed by atoms with van der Waals surface area (Å²) in [5.74, 6) is -0.500. The van der Waals surface area contributed by atoms with Gasteiger partial charge in [0, 0.05) is 0 Å². The number of alkyl halides is 3. The molecule has 1 saturated carbocycles. The van der Waals surface area contributed by atoms with E-state index in [1.54, 1.807) is 0 Å². The van der Waals surface area contributed by atoms with Gasteiger partial charge in [-0.05, 0) is 37.1 Å². The van der Waals surface area contributed by atoms with Gasteiger partial charge in [0.05, 0.1) is 11.6 Å². The van der Waals surface area contributed by atoms with Crippen molar-refractivity contribution in [1.82, 2.24) is 5.32 Å². The number of nitrogens with zero attached hydrogens (tertiary/aromatic N) is 1. The molecule has 4 nitrogen and oxygen atoms in total. The molecule has 0 aromatic heterocycles. The average molecular weight is 284 g/mol. The number of hydrogen-bond acceptors (Lipinski definition) is 3. The van der Waals surface area contributed by atoms with E-state index in [-0.39, 0.29) is 12.8 Å². The Morgan fingerprint density at radius 2 is 1.95 bits per heavy atom. The smallest absolute Gasteiger partial charge is 0.411 e. The molecule has 106 valence electrons. The van der Waals surface area contributed by atoms with Crippen LogP contribution in [0.3, 0.4) is 0 Å². The number of halogens is 3. The number of carbonyl (C=O) groups excluding carboxylic acids is 1. The van der Waals surface area contributed by atoms with Crippen LogP contribution in [0.2, 0.25) is 0 Å². The molecule has 0 saturated heterocycles. The largest absolute Gasteiger partial charge is 0.484 e. The SMILES string of the molecule is N#Cc1ccc(OCC(=O)NC2(C(F)(F)F)CC2)cc1. The number of ether oxygens (including phenoxy) is 1. The van der Waals surface area contributed by atoms with E-state index >= 15 is 0 Å². The number of benzene rings is 1. The predicted molar refractivity (Wildman–Crippen MR) is 62.8 cm³/mol. The first-order valence-electron chi connectivity index (χ1n) is 5.87. The maximum absolute atomic E-state index is 12.6. The number of amides is 1. The van der Waals surface area contributed by atoms with E-state index in [1.165, 1.54) is 24.3 Å². The lowest BCUT2D eigenvalue weighted by atomic mass is 10.2. The molecule has 20 heavy (non-hydrogen) atoms. The van der Waals surface area contributed by atoms with Crippen LogP contribution in [0.5, 0.6) is 5.75 Å². The van der Waals surface area contributed by atoms with E-state index in [4.69, 9.17) is 10.00 Å². The van der Waals surface area contributed by atoms with Crippen LogP contribution in [0, 0.1) is 11.3 Å². The molecule has 0 heterocycles. The highest BCUT2D eigenvalue weighted by molar-refractivity contribution is 5.79. The van der Waals surface area contributed by atoms with Gasteiger partial charge >= 0.3 is 6.18 Å². The molecule has 1 aliphatic carbocycles. The van der Waals surface area contributed by atoms with E-state index in [1.807, 2.05) is 11.4 Å². The molecule has 2 rings (SSSR count). The minimum Gasteiger partial charge on any atom is -0.484 e. The molecule has 1 aliphatic rings. The Hall–Kier alpha value is -2.23. The summed E-state index contributed by atoms with van der Waals surface area (Å²) < 4.78 is 42.9. The molecule has 0 atom stereocenters. The Bertz CT molecular complexity index is 542. The van der Waals surface area contributed by atoms with Crippen LogP contribution in [0.25, 0.3) is 0 Å². The number of nitrogens with one attached hydrogen (secondary N) is 1. The highest BCUT2D eigenvalue weighted by Gasteiger charge is 2.64. The maximum Gasteiger partial charge on any atom is 0.411 e. The predicted octanol–water partition coefficient (Wildman–Crippen LogP) is 2.15. The summed E-state index contributed by atoms with van der Waals surface area (Å²) in [6.07, 6.45) is -4.63. The van der Waals surface area contributed by atoms with Gasteiger partial charge in [0.1, 0.15) is 11.3 Å². The Morgan fingerprint density at radius 3 is 2.40 bits per heavy atom. The lowest BCUT2D eigenvalue weighted by molar-refractivity contribution is -0.170. The van der Waals surface area contributed by atoms with E-state index in [9.17, 15) is 18.0 Å². The summed E-state index contributed by atoms with van der Waals surface area (Å²) in [4.78, 5) is 11.5. The van der Waals surface area contributed by atoms with Crippen LogP contribution in [-0.4, -0.2) is 24.2 Å². The average Bonchev–Trinajstić information content (AvgIpc) is 3.17. The van der Waals surface area contributed by atoms with E-state index in [2.05, 4.69) is 0 Å². The Labute approximate surface area is 113 Å². The normalized spacial score (nSPS) is 16.1. The molecule has 1 fully saturated rings. The molecule has 0 bridgehead atoms. The van der Waals surface area contributed by atoms with Crippen molar-refractivity contribution in [3.05, 3.63) is 29.8 Å². The second kappa shape index (κ2) is 5.04. The topological polar surface area (TPSA) is 62.1 Å². The van der Waals surface area contributed by atoms with Crippen LogP contribution in [0.4, 0.5) is 13.2 Å². The summed E-state index contributed by atoms with van der Waals surface area (Å²) >= 11 is 0. The van der Waals surface area contributed by atoms with Crippen molar-refractivity contribution in [2.24, 2.45) is 0 Å². The van der Waals surface area contributed by atoms with Crippen LogP contribution in [0.1, 0.15) is 18.4 Å². The second-order valence-electron chi connectivity index (χ2n) is 4.55. The Kier molecular flexibility index (Phi) is 3.57. The zero-order chi connectivity index (χ0) is 14.8. The molecular formula is C13H11F3N2O2. The van der Waals surface area contributed by atoms with Crippen molar-refractivity contribution >= 4 is 5.91 Å². The highest BCUT2D eigenvalue weighted by atomic mass is 19.4. The third kappa shape index (κ3) is 3.02. The van der Waals surface area contributed by atoms with E-state index in [0.717, 1.165) is 0 Å². The molecule has 0 spiro atoms. The van der Waals surface area contributed by atoms with Crippen LogP contribution < -0.4 is 10.1 Å². The first-order chi connectivity index (χ1) is 9.36. The highest BCUT2D eigenvalue weighted by Crippen LogP contribution is 2.48. The van der Waals surface area contributed by atoms with Gasteiger partial charge in [-0.3, -0.25) is 4.79 Å². The minimum atomic E-state index is -4.43. The summed E-state index contributed by atoms with van der Waals surface area (Å²) in [5, 5.41) is 10.6. The molecular weight excluding hydrogens is 273 g/mol. The van der Waals surface area contributed by atoms with Gasteiger partial charge < -0.3 is 10.1 Å². The summed E-state index contributed by atoms with van der Waals surface area (Å²) in [5.41, 5.74) is -1.64. The Balaban J connectivity index is 1.85. The molecule has 0 unspecified atom stereocenters. The summed E-state index contributed by atoms with van der Waals surface area (Å²) in [6.45, 7) is -0.496. The van der Waals surface area contributed by atoms with Gasteiger partial charge in [0.15, 0.2) is 6.61 Å². The quantitative estimate of drug-likeness (QED) is 0.921. The van der Waals surface area contributed by atoms with Crippen molar-refractivity contribution < 1.29 is 22.7 Å². The maximum atomic E-state index is 12.6. The van der Waals surface area contributed by atoms with Crippen molar-refractivity contribution in [2.45, 2.75) is 24.6 Å². The van der Waals surface area contributed by atoms with E-state index in [0.29, 0.717) is 11.3 Å². The van der Waals surface area contributed by atoms with Crippen LogP contribution >= 0.6 is 0 Å². The molecule has 1 N–H and O–H groups in total. The molecule has 1 amide bonds. The minimum absolute atomic E-state index is 0.0981. The van der Waals surface area contributed by atoms with Gasteiger partial charge in [0.2, 0.25) is 0 Å². The van der Waals surface area contributed by atoms with Crippen LogP contribution in [-0.2, 0) is 4.79 Å². The van der Waals surface area contributed by atoms with Gasteiger partial charge in [0.25, 0.3) is 5.91 Å². The number of carbonyl (C=O) groups is 1. The fourth-order valence-corrected chi connectivity index (χ4v) is 1.68. The summed E-state index contributed by atoms with van der Waals surface area (Å²) in [7, 11) is 0. The molecule has 1 aromatic rings. The van der Waals surface area contributed by atoms with Gasteiger partial charge in [-0.1, -0.05) is 0 Å². The molecule has 7 heteroatoms. The number of nitriles is 1. The van der Waals surface area contributed by atoms with Gasteiger partial charge in [-0.25, -0.2) is 0 Å². The molecule has 0 radical (unpaired) electrons. The van der Waals surface area contributed by atoms with Crippen molar-refractivity contribution in [3.63, 3.8) is 0 Å². The standard InChI is InChI=1S/C13H11F3N2O2/c14-13(15,16)12(5-6-12)18-11(19)8-20-10-3-1-9(7-17)2-4-10/h1-4H,5-6,8H2,(H,18,19). The van der Waals surface area contributed by atoms with Crippen LogP contribution in [0.15, 0.2) is 24.3 Å². The zero-order valence-electron chi connectivity index (χ0n) is 10.3. The van der Waals surface area contributed by atoms with Crippen molar-refractivity contribution in [1.29, 1.82) is 5.26 Å². The molecule has 1 aromatic carbocycles. The third-order valence-electron chi connectivity index (χ3n) is 3.02. The lowest BCUT2D eigenvalue weighted by Gasteiger charge is -2.20. The molecule has 0 aliphatic heterocycles. The Morgan fingerprint density at radius 1 is 1.35 bits per heavy atom. The third-order valence-corrected chi connectivity index (χ3v) is 3.02. The van der Waals surface area contributed by atoms with Crippen molar-refractivity contribution in [3.8, 4) is 11.8 Å². The van der Waals surface area contributed by atoms with Crippen molar-refractivity contribution in [2.75, 3.05) is 6.61 Å².